The van der Waals surface area contributed by atoms with Crippen LogP contribution in [0.15, 0.2) is 30.5 Å². The van der Waals surface area contributed by atoms with Crippen molar-refractivity contribution in [1.29, 1.82) is 0 Å². The number of nitrogens with zero attached hydrogens (tertiary/aromatic N) is 4. The number of carbonyl (C=O) groups is 1. The number of aryl methyl sites for hydroxylation is 1. The molecule has 2 amide bonds. The Kier molecular flexibility index (Phi) is 5.10. The number of urea groups is 1. The van der Waals surface area contributed by atoms with Crippen LogP contribution in [-0.2, 0) is 6.54 Å². The van der Waals surface area contributed by atoms with Crippen molar-refractivity contribution in [3.8, 4) is 0 Å². The van der Waals surface area contributed by atoms with Gasteiger partial charge in [0.2, 0.25) is 0 Å². The molecule has 0 spiro atoms. The maximum Gasteiger partial charge on any atom is 0.323 e. The van der Waals surface area contributed by atoms with E-state index in [9.17, 15) is 4.79 Å². The fourth-order valence-electron chi connectivity index (χ4n) is 3.15. The van der Waals surface area contributed by atoms with Crippen LogP contribution >= 0.6 is 0 Å². The molecule has 128 valence electrons. The zero-order valence-electron chi connectivity index (χ0n) is 13.9. The van der Waals surface area contributed by atoms with E-state index in [2.05, 4.69) is 15.4 Å². The average Bonchev–Trinajstić information content (AvgIpc) is 3.04. The molecule has 2 N–H and O–H groups in total. The third-order valence-corrected chi connectivity index (χ3v) is 4.38. The highest BCUT2D eigenvalue weighted by Crippen LogP contribution is 2.28. The van der Waals surface area contributed by atoms with Crippen molar-refractivity contribution in [3.05, 3.63) is 41.9 Å². The molecule has 1 fully saturated rings. The zero-order valence-corrected chi connectivity index (χ0v) is 13.9. The number of aliphatic hydroxyl groups is 1. The molecule has 3 rings (SSSR count). The number of amides is 2. The van der Waals surface area contributed by atoms with E-state index < -0.39 is 0 Å². The summed E-state index contributed by atoms with van der Waals surface area (Å²) in [5, 5.41) is 16.2. The molecule has 0 unspecified atom stereocenters. The molecule has 0 saturated carbocycles. The van der Waals surface area contributed by atoms with E-state index in [4.69, 9.17) is 5.11 Å². The first-order valence-electron chi connectivity index (χ1n) is 8.29. The Hall–Kier alpha value is -2.41. The second kappa shape index (κ2) is 7.44. The lowest BCUT2D eigenvalue weighted by atomic mass is 9.93. The molecule has 0 radical (unpaired) electrons. The molecule has 1 saturated heterocycles. The van der Waals surface area contributed by atoms with Crippen LogP contribution in [0.2, 0.25) is 0 Å². The largest absolute Gasteiger partial charge is 0.394 e. The van der Waals surface area contributed by atoms with E-state index in [-0.39, 0.29) is 12.6 Å². The Labute approximate surface area is 141 Å². The normalized spacial score (nSPS) is 15.5. The van der Waals surface area contributed by atoms with E-state index in [0.29, 0.717) is 31.4 Å². The fraction of sp³-hybridized carbons (Fsp3) is 0.471. The first-order chi connectivity index (χ1) is 11.7. The standard InChI is InChI=1S/C17H23N5O2/c1-13-3-2-4-16(19-13)20-17(24)21-9-6-14(7-10-21)15-5-8-18-22(15)11-12-23/h2-5,8,14,23H,6-7,9-12H2,1H3,(H,19,20,24). The molecule has 24 heavy (non-hydrogen) atoms. The predicted octanol–water partition coefficient (Wildman–Crippen LogP) is 1.99. The summed E-state index contributed by atoms with van der Waals surface area (Å²) in [4.78, 5) is 18.5. The monoisotopic (exact) mass is 329 g/mol. The van der Waals surface area contributed by atoms with Gasteiger partial charge < -0.3 is 10.0 Å². The summed E-state index contributed by atoms with van der Waals surface area (Å²) < 4.78 is 1.86. The number of hydrogen-bond acceptors (Lipinski definition) is 4. The van der Waals surface area contributed by atoms with E-state index in [1.807, 2.05) is 34.7 Å². The van der Waals surface area contributed by atoms with Gasteiger partial charge >= 0.3 is 6.03 Å². The molecule has 2 aromatic heterocycles. The van der Waals surface area contributed by atoms with Crippen molar-refractivity contribution in [3.63, 3.8) is 0 Å². The smallest absolute Gasteiger partial charge is 0.323 e. The summed E-state index contributed by atoms with van der Waals surface area (Å²) >= 11 is 0. The molecule has 1 aliphatic rings. The molecule has 7 nitrogen and oxygen atoms in total. The van der Waals surface area contributed by atoms with Gasteiger partial charge in [0.05, 0.1) is 13.2 Å². The zero-order chi connectivity index (χ0) is 16.9. The van der Waals surface area contributed by atoms with E-state index >= 15 is 0 Å². The molecule has 0 atom stereocenters. The number of nitrogens with one attached hydrogen (secondary N) is 1. The van der Waals surface area contributed by atoms with Gasteiger partial charge in [-0.25, -0.2) is 9.78 Å². The predicted molar refractivity (Wildman–Crippen MR) is 90.9 cm³/mol. The number of piperidine rings is 1. The second-order valence-corrected chi connectivity index (χ2v) is 6.06. The third kappa shape index (κ3) is 3.73. The van der Waals surface area contributed by atoms with Gasteiger partial charge in [0, 0.05) is 36.6 Å². The summed E-state index contributed by atoms with van der Waals surface area (Å²) in [6.07, 6.45) is 3.56. The van der Waals surface area contributed by atoms with Crippen molar-refractivity contribution < 1.29 is 9.90 Å². The molecule has 3 heterocycles. The number of carbonyl (C=O) groups excluding carboxylic acids is 1. The van der Waals surface area contributed by atoms with Crippen molar-refractivity contribution in [2.24, 2.45) is 0 Å². The van der Waals surface area contributed by atoms with Crippen molar-refractivity contribution in [2.45, 2.75) is 32.2 Å². The van der Waals surface area contributed by atoms with Crippen LogP contribution in [-0.4, -0.2) is 50.5 Å². The van der Waals surface area contributed by atoms with E-state index in [1.54, 1.807) is 12.3 Å². The van der Waals surface area contributed by atoms with Crippen LogP contribution in [0, 0.1) is 6.92 Å². The van der Waals surface area contributed by atoms with Crippen LogP contribution in [0.25, 0.3) is 0 Å². The Bertz CT molecular complexity index is 692. The SMILES string of the molecule is Cc1cccc(NC(=O)N2CCC(c3ccnn3CCO)CC2)n1. The van der Waals surface area contributed by atoms with Crippen molar-refractivity contribution >= 4 is 11.8 Å². The quantitative estimate of drug-likeness (QED) is 0.898. The van der Waals surface area contributed by atoms with Gasteiger partial charge in [-0.05, 0) is 38.0 Å². The van der Waals surface area contributed by atoms with E-state index in [0.717, 1.165) is 24.2 Å². The third-order valence-electron chi connectivity index (χ3n) is 4.38. The van der Waals surface area contributed by atoms with Gasteiger partial charge in [0.25, 0.3) is 0 Å². The number of rotatable bonds is 4. The van der Waals surface area contributed by atoms with Gasteiger partial charge in [-0.3, -0.25) is 10.00 Å². The highest BCUT2D eigenvalue weighted by atomic mass is 16.3. The van der Waals surface area contributed by atoms with Gasteiger partial charge in [0.15, 0.2) is 0 Å². The highest BCUT2D eigenvalue weighted by molar-refractivity contribution is 5.88. The first-order valence-corrected chi connectivity index (χ1v) is 8.29. The Morgan fingerprint density at radius 3 is 2.83 bits per heavy atom. The number of likely N-dealkylation sites (tertiary alicyclic amines) is 1. The van der Waals surface area contributed by atoms with Crippen LogP contribution in [0.3, 0.4) is 0 Å². The van der Waals surface area contributed by atoms with Gasteiger partial charge in [0.1, 0.15) is 5.82 Å². The Balaban J connectivity index is 1.56. The Morgan fingerprint density at radius 2 is 2.12 bits per heavy atom. The molecule has 2 aromatic rings. The molecular formula is C17H23N5O2. The lowest BCUT2D eigenvalue weighted by Crippen LogP contribution is -2.41. The summed E-state index contributed by atoms with van der Waals surface area (Å²) in [6, 6.07) is 7.48. The van der Waals surface area contributed by atoms with Gasteiger partial charge in [-0.2, -0.15) is 5.10 Å². The van der Waals surface area contributed by atoms with Crippen LogP contribution < -0.4 is 5.32 Å². The fourth-order valence-corrected chi connectivity index (χ4v) is 3.15. The summed E-state index contributed by atoms with van der Waals surface area (Å²) in [5.74, 6) is 0.961. The number of aliphatic hydroxyl groups excluding tert-OH is 1. The number of pyridine rings is 1. The molecular weight excluding hydrogens is 306 g/mol. The molecule has 0 aliphatic carbocycles. The summed E-state index contributed by atoms with van der Waals surface area (Å²) in [6.45, 7) is 3.90. The van der Waals surface area contributed by atoms with Crippen molar-refractivity contribution in [2.75, 3.05) is 25.0 Å². The summed E-state index contributed by atoms with van der Waals surface area (Å²) in [5.41, 5.74) is 2.02. The van der Waals surface area contributed by atoms with Gasteiger partial charge in [-0.1, -0.05) is 6.07 Å². The lowest BCUT2D eigenvalue weighted by Gasteiger charge is -2.32. The van der Waals surface area contributed by atoms with Gasteiger partial charge in [-0.15, -0.1) is 0 Å². The van der Waals surface area contributed by atoms with E-state index in [1.165, 1.54) is 0 Å². The highest BCUT2D eigenvalue weighted by Gasteiger charge is 2.26. The maximum absolute atomic E-state index is 12.4. The molecule has 7 heteroatoms. The van der Waals surface area contributed by atoms with Crippen molar-refractivity contribution in [1.82, 2.24) is 19.7 Å². The lowest BCUT2D eigenvalue weighted by molar-refractivity contribution is 0.192. The Morgan fingerprint density at radius 1 is 1.33 bits per heavy atom. The van der Waals surface area contributed by atoms with Crippen LogP contribution in [0.5, 0.6) is 0 Å². The topological polar surface area (TPSA) is 83.3 Å². The minimum atomic E-state index is -0.101. The number of hydrogen-bond donors (Lipinski definition) is 2. The molecule has 0 bridgehead atoms. The minimum absolute atomic E-state index is 0.0828. The van der Waals surface area contributed by atoms with Crippen LogP contribution in [0.1, 0.15) is 30.1 Å². The number of anilines is 1. The maximum atomic E-state index is 12.4. The molecule has 1 aliphatic heterocycles. The number of aromatic nitrogens is 3. The molecule has 0 aromatic carbocycles. The second-order valence-electron chi connectivity index (χ2n) is 6.06. The van der Waals surface area contributed by atoms with Crippen LogP contribution in [0.4, 0.5) is 10.6 Å². The first kappa shape index (κ1) is 16.4. The average molecular weight is 329 g/mol. The minimum Gasteiger partial charge on any atom is -0.394 e. The summed E-state index contributed by atoms with van der Waals surface area (Å²) in [7, 11) is 0.